The van der Waals surface area contributed by atoms with Crippen LogP contribution in [0.3, 0.4) is 0 Å². The summed E-state index contributed by atoms with van der Waals surface area (Å²) in [5.74, 6) is 0.161. The molecule has 0 aliphatic carbocycles. The molecular formula is C10H7NO4S. The highest BCUT2D eigenvalue weighted by molar-refractivity contribution is 7.74. The molecule has 0 saturated carbocycles. The molecule has 0 radical (unpaired) electrons. The van der Waals surface area contributed by atoms with E-state index in [1.165, 1.54) is 12.1 Å². The second kappa shape index (κ2) is 4.38. The summed E-state index contributed by atoms with van der Waals surface area (Å²) in [6.07, 6.45) is 0. The fourth-order valence-corrected chi connectivity index (χ4v) is 1.80. The smallest absolute Gasteiger partial charge is 0.357 e. The van der Waals surface area contributed by atoms with E-state index in [9.17, 15) is 9.12 Å². The Balaban J connectivity index is 2.73. The Morgan fingerprint density at radius 3 is 2.50 bits per heavy atom. The molecular weight excluding hydrogens is 230 g/mol. The van der Waals surface area contributed by atoms with Gasteiger partial charge in [0.1, 0.15) is 5.69 Å². The van der Waals surface area contributed by atoms with E-state index in [-0.39, 0.29) is 11.4 Å². The Morgan fingerprint density at radius 1 is 1.19 bits per heavy atom. The third kappa shape index (κ3) is 1.93. The number of hydrogen-bond donors (Lipinski definition) is 1. The molecule has 0 bridgehead atoms. The van der Waals surface area contributed by atoms with Crippen LogP contribution in [0.5, 0.6) is 5.75 Å². The van der Waals surface area contributed by atoms with Gasteiger partial charge in [-0.3, -0.25) is 4.55 Å². The van der Waals surface area contributed by atoms with Crippen LogP contribution in [0.15, 0.2) is 41.6 Å². The van der Waals surface area contributed by atoms with E-state index in [4.69, 9.17) is 8.74 Å². The number of fused-ring (bicyclic) bond motifs is 1. The minimum atomic E-state index is -2.43. The minimum Gasteiger partial charge on any atom is -0.379 e. The van der Waals surface area contributed by atoms with Crippen molar-refractivity contribution in [2.24, 2.45) is 5.18 Å². The van der Waals surface area contributed by atoms with E-state index in [1.807, 2.05) is 0 Å². The van der Waals surface area contributed by atoms with Crippen LogP contribution in [0.4, 0.5) is 5.69 Å². The average Bonchev–Trinajstić information content (AvgIpc) is 2.28. The van der Waals surface area contributed by atoms with Crippen LogP contribution < -0.4 is 4.18 Å². The first-order valence-corrected chi connectivity index (χ1v) is 5.40. The summed E-state index contributed by atoms with van der Waals surface area (Å²) in [7, 11) is 0. The Labute approximate surface area is 93.5 Å². The van der Waals surface area contributed by atoms with Crippen LogP contribution in [0.2, 0.25) is 0 Å². The fraction of sp³-hybridized carbons (Fsp3) is 0. The Kier molecular flexibility index (Phi) is 2.93. The summed E-state index contributed by atoms with van der Waals surface area (Å²) in [4.78, 5) is 10.6. The van der Waals surface area contributed by atoms with Gasteiger partial charge in [-0.25, -0.2) is 0 Å². The van der Waals surface area contributed by atoms with Crippen LogP contribution in [0.1, 0.15) is 0 Å². The summed E-state index contributed by atoms with van der Waals surface area (Å²) in [5.41, 5.74) is 0.179. The number of hydrogen-bond acceptors (Lipinski definition) is 4. The van der Waals surface area contributed by atoms with Crippen molar-refractivity contribution in [3.8, 4) is 5.75 Å². The molecule has 2 rings (SSSR count). The van der Waals surface area contributed by atoms with Gasteiger partial charge in [-0.2, -0.15) is 4.21 Å². The average molecular weight is 237 g/mol. The summed E-state index contributed by atoms with van der Waals surface area (Å²) in [6.45, 7) is 0. The monoisotopic (exact) mass is 237 g/mol. The Morgan fingerprint density at radius 2 is 1.88 bits per heavy atom. The predicted molar refractivity (Wildman–Crippen MR) is 60.8 cm³/mol. The van der Waals surface area contributed by atoms with E-state index in [0.29, 0.717) is 5.39 Å². The van der Waals surface area contributed by atoms with Crippen molar-refractivity contribution >= 4 is 27.8 Å². The summed E-state index contributed by atoms with van der Waals surface area (Å²) in [5, 5.41) is 4.01. The SMILES string of the molecule is O=Nc1cccc2cccc(OS(=O)O)c12. The molecule has 82 valence electrons. The third-order valence-corrected chi connectivity index (χ3v) is 2.43. The molecule has 0 aliphatic heterocycles. The first-order valence-electron chi connectivity index (χ1n) is 4.36. The fourth-order valence-electron chi connectivity index (χ4n) is 1.51. The lowest BCUT2D eigenvalue weighted by molar-refractivity contribution is 0.460. The van der Waals surface area contributed by atoms with Gasteiger partial charge in [0.05, 0.1) is 5.39 Å². The molecule has 0 spiro atoms. The van der Waals surface area contributed by atoms with Gasteiger partial charge in [-0.1, -0.05) is 24.3 Å². The zero-order chi connectivity index (χ0) is 11.5. The predicted octanol–water partition coefficient (Wildman–Crippen LogP) is 2.75. The first kappa shape index (κ1) is 10.7. The molecule has 5 nitrogen and oxygen atoms in total. The van der Waals surface area contributed by atoms with Crippen LogP contribution in [0.25, 0.3) is 10.8 Å². The first-order chi connectivity index (χ1) is 7.72. The van der Waals surface area contributed by atoms with Crippen LogP contribution in [-0.2, 0) is 11.4 Å². The van der Waals surface area contributed by atoms with Gasteiger partial charge in [0.2, 0.25) is 0 Å². The normalized spacial score (nSPS) is 12.3. The van der Waals surface area contributed by atoms with Gasteiger partial charge in [0, 0.05) is 0 Å². The van der Waals surface area contributed by atoms with Gasteiger partial charge >= 0.3 is 11.4 Å². The van der Waals surface area contributed by atoms with E-state index in [1.54, 1.807) is 24.3 Å². The molecule has 0 aliphatic rings. The van der Waals surface area contributed by atoms with Gasteiger partial charge in [-0.05, 0) is 22.7 Å². The highest BCUT2D eigenvalue weighted by Gasteiger charge is 2.09. The molecule has 16 heavy (non-hydrogen) atoms. The van der Waals surface area contributed by atoms with Crippen molar-refractivity contribution in [2.45, 2.75) is 0 Å². The van der Waals surface area contributed by atoms with E-state index in [2.05, 4.69) is 5.18 Å². The summed E-state index contributed by atoms with van der Waals surface area (Å²) in [6, 6.07) is 9.89. The van der Waals surface area contributed by atoms with Gasteiger partial charge in [-0.15, -0.1) is 4.91 Å². The van der Waals surface area contributed by atoms with Crippen molar-refractivity contribution < 1.29 is 12.9 Å². The second-order valence-corrected chi connectivity index (χ2v) is 3.62. The van der Waals surface area contributed by atoms with Crippen molar-refractivity contribution in [1.29, 1.82) is 0 Å². The van der Waals surface area contributed by atoms with Crippen molar-refractivity contribution in [1.82, 2.24) is 0 Å². The van der Waals surface area contributed by atoms with Crippen LogP contribution in [0, 0.1) is 4.91 Å². The Hall–Kier alpha value is -1.79. The van der Waals surface area contributed by atoms with Gasteiger partial charge < -0.3 is 4.18 Å². The minimum absolute atomic E-state index is 0.161. The standard InChI is InChI=1S/C10H7NO4S/c12-11-8-5-1-3-7-4-2-6-9(10(7)8)15-16(13)14/h1-6H,(H,13,14). The number of benzene rings is 2. The maximum atomic E-state index is 10.6. The summed E-state index contributed by atoms with van der Waals surface area (Å²) >= 11 is -2.43. The van der Waals surface area contributed by atoms with E-state index >= 15 is 0 Å². The summed E-state index contributed by atoms with van der Waals surface area (Å²) < 4.78 is 24.0. The zero-order valence-electron chi connectivity index (χ0n) is 7.99. The number of nitrogens with zero attached hydrogens (tertiary/aromatic N) is 1. The van der Waals surface area contributed by atoms with Gasteiger partial charge in [0.25, 0.3) is 0 Å². The molecule has 1 N–H and O–H groups in total. The molecule has 0 amide bonds. The van der Waals surface area contributed by atoms with Gasteiger partial charge in [0.15, 0.2) is 5.75 Å². The third-order valence-electron chi connectivity index (χ3n) is 2.10. The molecule has 6 heteroatoms. The molecule has 1 atom stereocenters. The van der Waals surface area contributed by atoms with Crippen LogP contribution >= 0.6 is 0 Å². The molecule has 0 fully saturated rings. The zero-order valence-corrected chi connectivity index (χ0v) is 8.81. The van der Waals surface area contributed by atoms with Crippen LogP contribution in [-0.4, -0.2) is 8.76 Å². The highest BCUT2D eigenvalue weighted by atomic mass is 32.2. The lowest BCUT2D eigenvalue weighted by Gasteiger charge is -2.05. The lowest BCUT2D eigenvalue weighted by atomic mass is 10.1. The molecule has 1 unspecified atom stereocenters. The highest BCUT2D eigenvalue weighted by Crippen LogP contribution is 2.34. The van der Waals surface area contributed by atoms with Crippen molar-refractivity contribution in [3.63, 3.8) is 0 Å². The van der Waals surface area contributed by atoms with E-state index in [0.717, 1.165) is 5.39 Å². The number of rotatable bonds is 3. The maximum absolute atomic E-state index is 10.6. The quantitative estimate of drug-likeness (QED) is 0.657. The number of nitroso groups, excluding NO2 is 1. The molecule has 2 aromatic rings. The van der Waals surface area contributed by atoms with Crippen molar-refractivity contribution in [3.05, 3.63) is 41.3 Å². The largest absolute Gasteiger partial charge is 0.379 e. The molecule has 0 saturated heterocycles. The molecule has 0 aromatic heterocycles. The lowest BCUT2D eigenvalue weighted by Crippen LogP contribution is -1.97. The topological polar surface area (TPSA) is 76.0 Å². The second-order valence-electron chi connectivity index (χ2n) is 3.02. The maximum Gasteiger partial charge on any atom is 0.357 e. The molecule has 2 aromatic carbocycles. The molecule has 0 heterocycles. The Bertz CT molecular complexity index is 564. The van der Waals surface area contributed by atoms with E-state index < -0.39 is 11.4 Å². The van der Waals surface area contributed by atoms with Crippen molar-refractivity contribution in [2.75, 3.05) is 0 Å².